The number of benzene rings is 2. The molecule has 1 fully saturated rings. The van der Waals surface area contributed by atoms with E-state index >= 15 is 0 Å². The van der Waals surface area contributed by atoms with Crippen LogP contribution in [0.3, 0.4) is 0 Å². The Morgan fingerprint density at radius 1 is 1.03 bits per heavy atom. The van der Waals surface area contributed by atoms with E-state index < -0.39 is 0 Å². The van der Waals surface area contributed by atoms with Crippen LogP contribution in [0, 0.1) is 12.7 Å². The lowest BCUT2D eigenvalue weighted by atomic mass is 9.69. The van der Waals surface area contributed by atoms with Crippen molar-refractivity contribution in [3.63, 3.8) is 0 Å². The van der Waals surface area contributed by atoms with Gasteiger partial charge in [-0.1, -0.05) is 55.7 Å². The van der Waals surface area contributed by atoms with E-state index in [4.69, 9.17) is 17.2 Å². The van der Waals surface area contributed by atoms with E-state index in [2.05, 4.69) is 44.8 Å². The summed E-state index contributed by atoms with van der Waals surface area (Å²) < 4.78 is 13.5. The molecule has 1 saturated carbocycles. The van der Waals surface area contributed by atoms with Crippen molar-refractivity contribution in [3.05, 3.63) is 82.8 Å². The normalized spacial score (nSPS) is 16.9. The molecule has 7 heteroatoms. The van der Waals surface area contributed by atoms with Crippen LogP contribution in [0.15, 0.2) is 54.6 Å². The van der Waals surface area contributed by atoms with Gasteiger partial charge in [0.15, 0.2) is 5.11 Å². The Morgan fingerprint density at radius 3 is 2.54 bits per heavy atom. The number of anilines is 2. The predicted octanol–water partition coefficient (Wildman–Crippen LogP) is 5.68. The quantitative estimate of drug-likeness (QED) is 0.450. The lowest BCUT2D eigenvalue weighted by Gasteiger charge is -2.38. The van der Waals surface area contributed by atoms with Gasteiger partial charge in [0.2, 0.25) is 5.95 Å². The third-order valence-corrected chi connectivity index (χ3v) is 7.62. The molecule has 0 saturated heterocycles. The zero-order valence-electron chi connectivity index (χ0n) is 20.2. The fourth-order valence-corrected chi connectivity index (χ4v) is 5.62. The van der Waals surface area contributed by atoms with Gasteiger partial charge in [-0.3, -0.25) is 0 Å². The highest BCUT2D eigenvalue weighted by atomic mass is 32.1. The summed E-state index contributed by atoms with van der Waals surface area (Å²) in [7, 11) is 0. The number of aryl methyl sites for hydroxylation is 1. The van der Waals surface area contributed by atoms with Crippen molar-refractivity contribution in [2.75, 3.05) is 23.3 Å². The third kappa shape index (κ3) is 5.45. The number of fused-ring (bicyclic) bond motifs is 1. The largest absolute Gasteiger partial charge is 0.361 e. The summed E-state index contributed by atoms with van der Waals surface area (Å²) in [6.07, 6.45) is 6.72. The van der Waals surface area contributed by atoms with Crippen molar-refractivity contribution in [2.45, 2.75) is 57.4 Å². The molecule has 0 amide bonds. The first-order valence-electron chi connectivity index (χ1n) is 12.5. The summed E-state index contributed by atoms with van der Waals surface area (Å²) in [4.78, 5) is 11.7. The number of hydrogen-bond acceptors (Lipinski definition) is 4. The number of thiocarbonyl (C=S) groups is 1. The number of nitrogens with one attached hydrogen (secondary N) is 2. The number of hydrogen-bond donors (Lipinski definition) is 2. The summed E-state index contributed by atoms with van der Waals surface area (Å²) in [6.45, 7) is 4.45. The Bertz CT molecular complexity index is 1190. The van der Waals surface area contributed by atoms with E-state index in [0.29, 0.717) is 17.6 Å². The van der Waals surface area contributed by atoms with Crippen molar-refractivity contribution in [3.8, 4) is 0 Å². The minimum atomic E-state index is -0.200. The molecule has 0 bridgehead atoms. The van der Waals surface area contributed by atoms with Crippen LogP contribution in [0.4, 0.5) is 16.2 Å². The second kappa shape index (κ2) is 10.3. The second-order valence-corrected chi connectivity index (χ2v) is 10.2. The van der Waals surface area contributed by atoms with E-state index in [1.54, 1.807) is 12.1 Å². The first kappa shape index (κ1) is 23.7. The van der Waals surface area contributed by atoms with Crippen molar-refractivity contribution in [2.24, 2.45) is 0 Å². The van der Waals surface area contributed by atoms with Gasteiger partial charge in [-0.15, -0.1) is 0 Å². The van der Waals surface area contributed by atoms with Gasteiger partial charge >= 0.3 is 0 Å². The molecule has 5 nitrogen and oxygen atoms in total. The van der Waals surface area contributed by atoms with Crippen LogP contribution in [-0.2, 0) is 18.4 Å². The molecule has 0 unspecified atom stereocenters. The molecule has 182 valence electrons. The summed E-state index contributed by atoms with van der Waals surface area (Å²) >= 11 is 5.64. The molecule has 3 aromatic rings. The number of halogens is 1. The molecule has 1 aliphatic heterocycles. The molecular weight excluding hydrogens is 457 g/mol. The maximum absolute atomic E-state index is 13.5. The minimum absolute atomic E-state index is 0.0441. The van der Waals surface area contributed by atoms with Gasteiger partial charge in [0, 0.05) is 36.8 Å². The molecule has 0 spiro atoms. The average Bonchev–Trinajstić information content (AvgIpc) is 2.88. The summed E-state index contributed by atoms with van der Waals surface area (Å²) in [5, 5.41) is 7.14. The maximum atomic E-state index is 13.5. The van der Waals surface area contributed by atoms with Crippen molar-refractivity contribution in [1.29, 1.82) is 0 Å². The highest BCUT2D eigenvalue weighted by Gasteiger charge is 2.34. The lowest BCUT2D eigenvalue weighted by Crippen LogP contribution is -2.43. The van der Waals surface area contributed by atoms with Crippen LogP contribution < -0.4 is 15.5 Å². The van der Waals surface area contributed by atoms with Gasteiger partial charge in [0.25, 0.3) is 0 Å². The van der Waals surface area contributed by atoms with E-state index in [1.165, 1.54) is 36.0 Å². The van der Waals surface area contributed by atoms with E-state index in [9.17, 15) is 4.39 Å². The monoisotopic (exact) mass is 489 g/mol. The fourth-order valence-electron chi connectivity index (χ4n) is 5.46. The van der Waals surface area contributed by atoms with Crippen molar-refractivity contribution < 1.29 is 4.39 Å². The van der Waals surface area contributed by atoms with Gasteiger partial charge in [0.05, 0.1) is 0 Å². The first-order valence-corrected chi connectivity index (χ1v) is 12.9. The Labute approximate surface area is 212 Å². The third-order valence-electron chi connectivity index (χ3n) is 7.38. The van der Waals surface area contributed by atoms with Crippen molar-refractivity contribution >= 4 is 29.1 Å². The summed E-state index contributed by atoms with van der Waals surface area (Å²) in [6, 6.07) is 17.6. The first-order chi connectivity index (χ1) is 17.0. The van der Waals surface area contributed by atoms with Crippen LogP contribution in [0.1, 0.15) is 54.5 Å². The molecule has 0 radical (unpaired) electrons. The molecule has 0 atom stereocenters. The molecule has 1 aromatic heterocycles. The Hall–Kier alpha value is -3.06. The van der Waals surface area contributed by atoms with E-state index in [-0.39, 0.29) is 11.2 Å². The molecule has 2 aromatic carbocycles. The smallest absolute Gasteiger partial charge is 0.231 e. The molecule has 35 heavy (non-hydrogen) atoms. The highest BCUT2D eigenvalue weighted by Crippen LogP contribution is 2.39. The number of aromatic nitrogens is 2. The van der Waals surface area contributed by atoms with E-state index in [1.807, 2.05) is 25.1 Å². The Kier molecular flexibility index (Phi) is 6.95. The molecule has 5 rings (SSSR count). The zero-order valence-corrected chi connectivity index (χ0v) is 21.0. The van der Waals surface area contributed by atoms with Crippen LogP contribution in [0.2, 0.25) is 0 Å². The van der Waals surface area contributed by atoms with Gasteiger partial charge in [-0.05, 0) is 67.2 Å². The lowest BCUT2D eigenvalue weighted by molar-refractivity contribution is 0.292. The second-order valence-electron chi connectivity index (χ2n) is 9.79. The zero-order chi connectivity index (χ0) is 24.3. The van der Waals surface area contributed by atoms with Crippen LogP contribution in [0.5, 0.6) is 0 Å². The SMILES string of the molecule is Cc1cc(N2CCc3ccccc3C2)nc(NC(=S)NCC2(c3ccc(F)cc3)CCCCC2)n1. The molecule has 2 N–H and O–H groups in total. The van der Waals surface area contributed by atoms with E-state index in [0.717, 1.165) is 43.9 Å². The fraction of sp³-hybridized carbons (Fsp3) is 0.393. The number of rotatable bonds is 5. The molecular formula is C28H32FN5S. The van der Waals surface area contributed by atoms with Gasteiger partial charge in [0.1, 0.15) is 11.6 Å². The topological polar surface area (TPSA) is 53.1 Å². The van der Waals surface area contributed by atoms with Crippen molar-refractivity contribution in [1.82, 2.24) is 15.3 Å². The minimum Gasteiger partial charge on any atom is -0.361 e. The maximum Gasteiger partial charge on any atom is 0.231 e. The molecule has 2 heterocycles. The summed E-state index contributed by atoms with van der Waals surface area (Å²) in [5.74, 6) is 1.22. The standard InChI is InChI=1S/C28H32FN5S/c1-20-17-25(34-16-13-21-7-3-4-8-22(21)18-34)32-26(31-20)33-27(35)30-19-28(14-5-2-6-15-28)23-9-11-24(29)12-10-23/h3-4,7-12,17H,2,5-6,13-16,18-19H2,1H3,(H2,30,31,32,33,35). The van der Waals surface area contributed by atoms with Gasteiger partial charge < -0.3 is 15.5 Å². The Balaban J connectivity index is 1.27. The average molecular weight is 490 g/mol. The molecule has 1 aliphatic carbocycles. The van der Waals surface area contributed by atoms with Gasteiger partial charge in [-0.25, -0.2) is 9.37 Å². The Morgan fingerprint density at radius 2 is 1.77 bits per heavy atom. The molecule has 2 aliphatic rings. The highest BCUT2D eigenvalue weighted by molar-refractivity contribution is 7.80. The van der Waals surface area contributed by atoms with Crippen LogP contribution >= 0.6 is 12.2 Å². The van der Waals surface area contributed by atoms with Crippen LogP contribution in [-0.4, -0.2) is 28.2 Å². The van der Waals surface area contributed by atoms with Crippen LogP contribution in [0.25, 0.3) is 0 Å². The summed E-state index contributed by atoms with van der Waals surface area (Å²) in [5.41, 5.74) is 4.79. The van der Waals surface area contributed by atoms with Gasteiger partial charge in [-0.2, -0.15) is 4.98 Å². The number of nitrogens with zero attached hydrogens (tertiary/aromatic N) is 3. The predicted molar refractivity (Wildman–Crippen MR) is 143 cm³/mol.